The molecule has 0 amide bonds. The van der Waals surface area contributed by atoms with Gasteiger partial charge in [-0.05, 0) is 0 Å². The van der Waals surface area contributed by atoms with E-state index in [4.69, 9.17) is 5.73 Å². The van der Waals surface area contributed by atoms with E-state index < -0.39 is 5.97 Å². The maximum Gasteiger partial charge on any atom is 0.288 e. The molecule has 0 atom stereocenters. The summed E-state index contributed by atoms with van der Waals surface area (Å²) in [4.78, 5) is 9.77. The minimum atomic E-state index is -0.491. The predicted molar refractivity (Wildman–Crippen MR) is 31.5 cm³/mol. The van der Waals surface area contributed by atoms with E-state index in [0.29, 0.717) is 0 Å². The Bertz CT molecular complexity index is 52.9. The molecule has 0 aromatic rings. The number of carbonyl (C=O) groups is 1. The first-order valence-electron chi connectivity index (χ1n) is 2.17. The fourth-order valence-corrected chi connectivity index (χ4v) is 0.0589. The zero-order valence-corrected chi connectivity index (χ0v) is 8.43. The fourth-order valence-electron chi connectivity index (χ4n) is 0.0589. The van der Waals surface area contributed by atoms with Gasteiger partial charge in [0.25, 0.3) is 5.97 Å². The standard InChI is InChI=1S/C3H6NO2.C2H5.Y/c1-6-3(5)2-4;1-2;/h1-2,4H2;1H2,2H3;/q2*-1;. The summed E-state index contributed by atoms with van der Waals surface area (Å²) in [5, 5.41) is 0. The summed E-state index contributed by atoms with van der Waals surface area (Å²) in [7, 11) is 2.83. The van der Waals surface area contributed by atoms with Gasteiger partial charge in [0.2, 0.25) is 0 Å². The van der Waals surface area contributed by atoms with Crippen LogP contribution in [0.25, 0.3) is 0 Å². The second-order valence-corrected chi connectivity index (χ2v) is 0.720. The molecule has 2 N–H and O–H groups in total. The van der Waals surface area contributed by atoms with Gasteiger partial charge < -0.3 is 17.4 Å². The van der Waals surface area contributed by atoms with Crippen LogP contribution in [0.15, 0.2) is 0 Å². The summed E-state index contributed by atoms with van der Waals surface area (Å²) in [5.41, 5.74) is 4.77. The van der Waals surface area contributed by atoms with Gasteiger partial charge in [0.05, 0.1) is 6.54 Å². The van der Waals surface area contributed by atoms with E-state index in [-0.39, 0.29) is 39.3 Å². The van der Waals surface area contributed by atoms with Crippen LogP contribution < -0.4 is 5.73 Å². The topological polar surface area (TPSA) is 52.3 Å². The Morgan fingerprint density at radius 1 is 1.67 bits per heavy atom. The maximum absolute atomic E-state index is 9.77. The Morgan fingerprint density at radius 2 is 2.00 bits per heavy atom. The molecular formula is C5H11NO2Y-2. The van der Waals surface area contributed by atoms with Crippen molar-refractivity contribution in [3.8, 4) is 0 Å². The van der Waals surface area contributed by atoms with Gasteiger partial charge in [0, 0.05) is 32.7 Å². The van der Waals surface area contributed by atoms with Crippen molar-refractivity contribution >= 4 is 5.97 Å². The molecule has 4 heteroatoms. The Morgan fingerprint density at radius 3 is 2.00 bits per heavy atom. The van der Waals surface area contributed by atoms with Crippen molar-refractivity contribution in [1.29, 1.82) is 0 Å². The van der Waals surface area contributed by atoms with Crippen LogP contribution in [0.2, 0.25) is 0 Å². The van der Waals surface area contributed by atoms with Crippen LogP contribution in [0, 0.1) is 14.0 Å². The van der Waals surface area contributed by atoms with Crippen LogP contribution in [-0.2, 0) is 42.2 Å². The van der Waals surface area contributed by atoms with Crippen molar-refractivity contribution in [3.63, 3.8) is 0 Å². The summed E-state index contributed by atoms with van der Waals surface area (Å²) in [6.07, 6.45) is 0. The van der Waals surface area contributed by atoms with Crippen LogP contribution in [0.1, 0.15) is 6.92 Å². The van der Waals surface area contributed by atoms with Gasteiger partial charge in [-0.15, -0.1) is 0 Å². The van der Waals surface area contributed by atoms with Gasteiger partial charge in [0.15, 0.2) is 0 Å². The molecule has 1 radical (unpaired) electrons. The van der Waals surface area contributed by atoms with Crippen LogP contribution in [0.3, 0.4) is 0 Å². The van der Waals surface area contributed by atoms with E-state index in [2.05, 4.69) is 18.8 Å². The van der Waals surface area contributed by atoms with Gasteiger partial charge in [-0.3, -0.25) is 4.79 Å². The Labute approximate surface area is 81.2 Å². The summed E-state index contributed by atoms with van der Waals surface area (Å²) < 4.78 is 3.89. The van der Waals surface area contributed by atoms with Crippen molar-refractivity contribution in [2.24, 2.45) is 5.73 Å². The van der Waals surface area contributed by atoms with Gasteiger partial charge >= 0.3 is 0 Å². The maximum atomic E-state index is 9.77. The molecular weight excluding hydrogens is 195 g/mol. The van der Waals surface area contributed by atoms with Crippen LogP contribution in [0.4, 0.5) is 0 Å². The van der Waals surface area contributed by atoms with Gasteiger partial charge in [-0.25, -0.2) is 0 Å². The number of hydrogen-bond acceptors (Lipinski definition) is 3. The third-order valence-electron chi connectivity index (χ3n) is 0.328. The molecule has 0 rings (SSSR count). The molecule has 53 valence electrons. The van der Waals surface area contributed by atoms with Crippen LogP contribution >= 0.6 is 0 Å². The molecule has 0 fully saturated rings. The quantitative estimate of drug-likeness (QED) is 0.489. The van der Waals surface area contributed by atoms with Crippen LogP contribution in [0.5, 0.6) is 0 Å². The Kier molecular flexibility index (Phi) is 28.6. The molecule has 0 unspecified atom stereocenters. The second-order valence-electron chi connectivity index (χ2n) is 0.720. The first-order valence-corrected chi connectivity index (χ1v) is 2.17. The summed E-state index contributed by atoms with van der Waals surface area (Å²) in [5.74, 6) is -0.491. The summed E-state index contributed by atoms with van der Waals surface area (Å²) in [6, 6.07) is 0. The average Bonchev–Trinajstić information content (AvgIpc) is 1.91. The molecule has 0 saturated heterocycles. The normalized spacial score (nSPS) is 5.78. The molecule has 0 bridgehead atoms. The molecule has 0 saturated carbocycles. The molecule has 0 aliphatic heterocycles. The molecule has 0 aromatic heterocycles. The number of nitrogens with two attached hydrogens (primary N) is 1. The van der Waals surface area contributed by atoms with Crippen molar-refractivity contribution in [2.45, 2.75) is 6.92 Å². The molecule has 3 nitrogen and oxygen atoms in total. The van der Waals surface area contributed by atoms with Crippen molar-refractivity contribution in [2.75, 3.05) is 6.54 Å². The zero-order valence-electron chi connectivity index (χ0n) is 5.59. The molecule has 0 spiro atoms. The smallest absolute Gasteiger partial charge is 0.288 e. The third-order valence-corrected chi connectivity index (χ3v) is 0.328. The third kappa shape index (κ3) is 17.7. The van der Waals surface area contributed by atoms with Gasteiger partial charge in [0.1, 0.15) is 0 Å². The molecule has 0 aliphatic rings. The van der Waals surface area contributed by atoms with Gasteiger partial charge in [-0.1, -0.05) is 0 Å². The molecule has 9 heavy (non-hydrogen) atoms. The Hall–Kier alpha value is 0.534. The van der Waals surface area contributed by atoms with Crippen LogP contribution in [-0.4, -0.2) is 12.5 Å². The monoisotopic (exact) mass is 206 g/mol. The molecule has 0 aromatic carbocycles. The zero-order chi connectivity index (χ0) is 6.99. The minimum absolute atomic E-state index is 0. The second kappa shape index (κ2) is 15.8. The largest absolute Gasteiger partial charge is 0.639 e. The molecule has 0 heterocycles. The first kappa shape index (κ1) is 16.3. The summed E-state index contributed by atoms with van der Waals surface area (Å²) in [6.45, 7) is 4.91. The first-order chi connectivity index (χ1) is 3.81. The number of esters is 1. The number of rotatable bonds is 1. The van der Waals surface area contributed by atoms with E-state index in [0.717, 1.165) is 0 Å². The number of ether oxygens (including phenoxy) is 1. The molecule has 0 aliphatic carbocycles. The summed E-state index contributed by atoms with van der Waals surface area (Å²) >= 11 is 0. The van der Waals surface area contributed by atoms with Crippen molar-refractivity contribution in [1.82, 2.24) is 0 Å². The minimum Gasteiger partial charge on any atom is -0.639 e. The van der Waals surface area contributed by atoms with Crippen molar-refractivity contribution < 1.29 is 42.2 Å². The number of hydrogen-bond donors (Lipinski definition) is 1. The SMILES string of the molecule is [CH2-]C.[CH2-]OC(=O)CN.[Y]. The number of carbonyl (C=O) groups excluding carboxylic acids is 1. The van der Waals surface area contributed by atoms with E-state index in [1.54, 1.807) is 6.92 Å². The fraction of sp³-hybridized carbons (Fsp3) is 0.400. The Balaban J connectivity index is -0.000000109. The predicted octanol–water partition coefficient (Wildman–Crippen LogP) is 0.118. The van der Waals surface area contributed by atoms with E-state index in [1.165, 1.54) is 0 Å². The van der Waals surface area contributed by atoms with E-state index >= 15 is 0 Å². The van der Waals surface area contributed by atoms with E-state index in [9.17, 15) is 4.79 Å². The van der Waals surface area contributed by atoms with Crippen molar-refractivity contribution in [3.05, 3.63) is 14.0 Å². The van der Waals surface area contributed by atoms with E-state index in [1.807, 2.05) is 0 Å². The average molecular weight is 206 g/mol. The van der Waals surface area contributed by atoms with Gasteiger partial charge in [-0.2, -0.15) is 14.0 Å².